The summed E-state index contributed by atoms with van der Waals surface area (Å²) in [6, 6.07) is 0. The fourth-order valence-corrected chi connectivity index (χ4v) is 0.515. The van der Waals surface area contributed by atoms with Crippen molar-refractivity contribution in [3.05, 3.63) is 0 Å². The summed E-state index contributed by atoms with van der Waals surface area (Å²) in [5, 5.41) is 3.13. The number of hydrogen-bond donors (Lipinski definition) is 2. The van der Waals surface area contributed by atoms with Gasteiger partial charge in [0.1, 0.15) is 0 Å². The highest BCUT2D eigenvalue weighted by Crippen LogP contribution is 1.96. The molecule has 1 aliphatic heterocycles. The summed E-state index contributed by atoms with van der Waals surface area (Å²) in [7, 11) is 0. The monoisotopic (exact) mass is 122 g/mol. The third-order valence-electron chi connectivity index (χ3n) is 1.20. The van der Waals surface area contributed by atoms with E-state index in [1.54, 1.807) is 0 Å². The number of nitrogens with one attached hydrogen (secondary N) is 1. The van der Waals surface area contributed by atoms with Crippen molar-refractivity contribution in [1.82, 2.24) is 5.32 Å². The Morgan fingerprint density at radius 1 is 1.57 bits per heavy atom. The molecule has 0 aromatic heterocycles. The van der Waals surface area contributed by atoms with Crippen LogP contribution in [0.1, 0.15) is 0 Å². The molecule has 7 heavy (non-hydrogen) atoms. The van der Waals surface area contributed by atoms with Crippen LogP contribution in [0.2, 0.25) is 0 Å². The second-order valence-electron chi connectivity index (χ2n) is 1.76. The predicted octanol–water partition coefficient (Wildman–Crippen LogP) is -0.414. The van der Waals surface area contributed by atoms with Gasteiger partial charge in [-0.3, -0.25) is 0 Å². The van der Waals surface area contributed by atoms with Crippen LogP contribution < -0.4 is 11.1 Å². The number of nitrogens with two attached hydrogens (primary N) is 1. The van der Waals surface area contributed by atoms with Crippen molar-refractivity contribution in [2.24, 2.45) is 11.7 Å². The summed E-state index contributed by atoms with van der Waals surface area (Å²) < 4.78 is 0. The van der Waals surface area contributed by atoms with Crippen LogP contribution >= 0.6 is 12.4 Å². The van der Waals surface area contributed by atoms with Gasteiger partial charge in [-0.25, -0.2) is 0 Å². The Balaban J connectivity index is 0.000000360. The van der Waals surface area contributed by atoms with E-state index in [1.165, 1.54) is 0 Å². The highest BCUT2D eigenvalue weighted by Gasteiger charge is 2.12. The molecule has 0 atom stereocenters. The first kappa shape index (κ1) is 7.21. The van der Waals surface area contributed by atoms with E-state index >= 15 is 0 Å². The zero-order valence-electron chi connectivity index (χ0n) is 4.18. The Labute approximate surface area is 49.9 Å². The first-order chi connectivity index (χ1) is 2.93. The van der Waals surface area contributed by atoms with Gasteiger partial charge in [0.05, 0.1) is 0 Å². The van der Waals surface area contributed by atoms with Gasteiger partial charge >= 0.3 is 0 Å². The van der Waals surface area contributed by atoms with Crippen LogP contribution in [0.3, 0.4) is 0 Å². The van der Waals surface area contributed by atoms with Gasteiger partial charge in [-0.2, -0.15) is 0 Å². The second-order valence-corrected chi connectivity index (χ2v) is 1.76. The van der Waals surface area contributed by atoms with E-state index in [0.717, 1.165) is 25.6 Å². The second kappa shape index (κ2) is 3.24. The van der Waals surface area contributed by atoms with Crippen molar-refractivity contribution >= 4 is 12.4 Å². The Morgan fingerprint density at radius 2 is 2.14 bits per heavy atom. The molecule has 2 nitrogen and oxygen atoms in total. The Bertz CT molecular complexity index is 42.2. The number of rotatable bonds is 1. The molecule has 0 radical (unpaired) electrons. The summed E-state index contributed by atoms with van der Waals surface area (Å²) in [5.41, 5.74) is 5.29. The lowest BCUT2D eigenvalue weighted by atomic mass is 10.1. The molecular formula is C4H11ClN2. The van der Waals surface area contributed by atoms with E-state index in [2.05, 4.69) is 5.32 Å². The minimum atomic E-state index is 0. The van der Waals surface area contributed by atoms with E-state index in [0.29, 0.717) is 0 Å². The van der Waals surface area contributed by atoms with Crippen molar-refractivity contribution in [2.45, 2.75) is 0 Å². The maximum absolute atomic E-state index is 5.29. The fraction of sp³-hybridized carbons (Fsp3) is 1.00. The Kier molecular flexibility index (Phi) is 3.34. The van der Waals surface area contributed by atoms with Crippen LogP contribution in [0.4, 0.5) is 0 Å². The lowest BCUT2D eigenvalue weighted by molar-refractivity contribution is 0.357. The van der Waals surface area contributed by atoms with Gasteiger partial charge in [-0.15, -0.1) is 12.4 Å². The van der Waals surface area contributed by atoms with Crippen LogP contribution in [0.5, 0.6) is 0 Å². The van der Waals surface area contributed by atoms with Crippen molar-refractivity contribution in [3.63, 3.8) is 0 Å². The largest absolute Gasteiger partial charge is 0.330 e. The molecule has 0 unspecified atom stereocenters. The van der Waals surface area contributed by atoms with Gasteiger partial charge in [0.2, 0.25) is 0 Å². The average Bonchev–Trinajstić information content (AvgIpc) is 1.31. The minimum Gasteiger partial charge on any atom is -0.330 e. The highest BCUT2D eigenvalue weighted by atomic mass is 35.5. The van der Waals surface area contributed by atoms with E-state index in [-0.39, 0.29) is 12.4 Å². The molecule has 0 aromatic rings. The normalized spacial score (nSPS) is 20.1. The van der Waals surface area contributed by atoms with Crippen LogP contribution in [0.15, 0.2) is 0 Å². The molecule has 0 spiro atoms. The summed E-state index contributed by atoms with van der Waals surface area (Å²) >= 11 is 0. The molecule has 1 fully saturated rings. The molecule has 44 valence electrons. The van der Waals surface area contributed by atoms with Crippen molar-refractivity contribution in [1.29, 1.82) is 0 Å². The van der Waals surface area contributed by atoms with E-state index in [9.17, 15) is 0 Å². The van der Waals surface area contributed by atoms with Crippen LogP contribution in [0, 0.1) is 5.92 Å². The number of halogens is 1. The third-order valence-corrected chi connectivity index (χ3v) is 1.20. The number of hydrogen-bond acceptors (Lipinski definition) is 2. The van der Waals surface area contributed by atoms with Gasteiger partial charge in [-0.05, 0) is 12.5 Å². The third kappa shape index (κ3) is 1.63. The van der Waals surface area contributed by atoms with Crippen molar-refractivity contribution in [3.8, 4) is 0 Å². The van der Waals surface area contributed by atoms with Gasteiger partial charge in [-0.1, -0.05) is 0 Å². The Hall–Kier alpha value is 0.210. The molecule has 0 amide bonds. The zero-order valence-corrected chi connectivity index (χ0v) is 5.00. The highest BCUT2D eigenvalue weighted by molar-refractivity contribution is 5.85. The summed E-state index contributed by atoms with van der Waals surface area (Å²) in [6.45, 7) is 3.12. The molecule has 0 bridgehead atoms. The molecule has 0 aliphatic carbocycles. The fourth-order valence-electron chi connectivity index (χ4n) is 0.515. The average molecular weight is 123 g/mol. The van der Waals surface area contributed by atoms with E-state index < -0.39 is 0 Å². The SMILES string of the molecule is Cl.NCC1CNC1. The lowest BCUT2D eigenvalue weighted by Gasteiger charge is -2.24. The summed E-state index contributed by atoms with van der Waals surface area (Å²) in [6.07, 6.45) is 0. The molecule has 1 aliphatic rings. The van der Waals surface area contributed by atoms with Crippen LogP contribution in [-0.4, -0.2) is 19.6 Å². The zero-order chi connectivity index (χ0) is 4.41. The van der Waals surface area contributed by atoms with Crippen LogP contribution in [0.25, 0.3) is 0 Å². The van der Waals surface area contributed by atoms with Gasteiger partial charge in [0.15, 0.2) is 0 Å². The quantitative estimate of drug-likeness (QED) is 0.496. The first-order valence-corrected chi connectivity index (χ1v) is 2.34. The molecule has 1 heterocycles. The molecular weight excluding hydrogens is 112 g/mol. The van der Waals surface area contributed by atoms with Gasteiger partial charge in [0, 0.05) is 13.1 Å². The molecule has 1 saturated heterocycles. The lowest BCUT2D eigenvalue weighted by Crippen LogP contribution is -2.45. The van der Waals surface area contributed by atoms with Crippen LogP contribution in [-0.2, 0) is 0 Å². The molecule has 0 aromatic carbocycles. The molecule has 3 heteroatoms. The molecule has 3 N–H and O–H groups in total. The first-order valence-electron chi connectivity index (χ1n) is 2.34. The summed E-state index contributed by atoms with van der Waals surface area (Å²) in [5.74, 6) is 0.782. The maximum Gasteiger partial charge on any atom is 0.000386 e. The van der Waals surface area contributed by atoms with Crippen molar-refractivity contribution < 1.29 is 0 Å². The molecule has 0 saturated carbocycles. The molecule has 1 rings (SSSR count). The standard InChI is InChI=1S/C4H10N2.ClH/c5-1-4-2-6-3-4;/h4,6H,1-3,5H2;1H. The van der Waals surface area contributed by atoms with Gasteiger partial charge < -0.3 is 11.1 Å². The van der Waals surface area contributed by atoms with Gasteiger partial charge in [0.25, 0.3) is 0 Å². The topological polar surface area (TPSA) is 38.0 Å². The summed E-state index contributed by atoms with van der Waals surface area (Å²) in [4.78, 5) is 0. The van der Waals surface area contributed by atoms with E-state index in [1.807, 2.05) is 0 Å². The smallest absolute Gasteiger partial charge is 0.000386 e. The predicted molar refractivity (Wildman–Crippen MR) is 32.7 cm³/mol. The van der Waals surface area contributed by atoms with E-state index in [4.69, 9.17) is 5.73 Å². The Morgan fingerprint density at radius 3 is 2.14 bits per heavy atom. The minimum absolute atomic E-state index is 0. The maximum atomic E-state index is 5.29. The van der Waals surface area contributed by atoms with Crippen molar-refractivity contribution in [2.75, 3.05) is 19.6 Å².